The largest absolute Gasteiger partial charge is 0.493 e. The number of aryl methyl sites for hydroxylation is 2. The molecule has 108 valence electrons. The van der Waals surface area contributed by atoms with E-state index in [1.54, 1.807) is 0 Å². The second-order valence-electron chi connectivity index (χ2n) is 6.18. The molecule has 1 aromatic carbocycles. The molecule has 0 aromatic heterocycles. The maximum absolute atomic E-state index is 12.1. The van der Waals surface area contributed by atoms with Gasteiger partial charge in [0.05, 0.1) is 6.61 Å². The number of ether oxygens (including phenoxy) is 1. The first-order valence-electron chi connectivity index (χ1n) is 8.10. The monoisotopic (exact) mass is 272 g/mol. The smallest absolute Gasteiger partial charge is 0.139 e. The SMILES string of the molecule is O=C(CCOc1ccc2c(c1)CCC2)C1CCCCC1. The van der Waals surface area contributed by atoms with E-state index in [1.807, 2.05) is 0 Å². The summed E-state index contributed by atoms with van der Waals surface area (Å²) in [6.07, 6.45) is 10.2. The number of Topliss-reactive ketones (excluding diaryl/α,β-unsaturated/α-hetero) is 1. The first-order valence-corrected chi connectivity index (χ1v) is 8.10. The van der Waals surface area contributed by atoms with Crippen molar-refractivity contribution < 1.29 is 9.53 Å². The molecule has 0 amide bonds. The van der Waals surface area contributed by atoms with Crippen LogP contribution in [0.15, 0.2) is 18.2 Å². The molecule has 2 aliphatic carbocycles. The van der Waals surface area contributed by atoms with Crippen molar-refractivity contribution in [2.75, 3.05) is 6.61 Å². The molecule has 2 aliphatic rings. The molecule has 2 nitrogen and oxygen atoms in total. The van der Waals surface area contributed by atoms with Gasteiger partial charge in [-0.15, -0.1) is 0 Å². The highest BCUT2D eigenvalue weighted by Crippen LogP contribution is 2.27. The Morgan fingerprint density at radius 2 is 1.85 bits per heavy atom. The third kappa shape index (κ3) is 3.23. The van der Waals surface area contributed by atoms with E-state index in [0.29, 0.717) is 24.7 Å². The minimum Gasteiger partial charge on any atom is -0.493 e. The summed E-state index contributed by atoms with van der Waals surface area (Å²) in [4.78, 5) is 12.1. The van der Waals surface area contributed by atoms with Gasteiger partial charge in [-0.05, 0) is 55.4 Å². The number of rotatable bonds is 5. The van der Waals surface area contributed by atoms with Gasteiger partial charge < -0.3 is 4.74 Å². The van der Waals surface area contributed by atoms with Crippen molar-refractivity contribution in [2.24, 2.45) is 5.92 Å². The quantitative estimate of drug-likeness (QED) is 0.807. The van der Waals surface area contributed by atoms with Crippen LogP contribution in [0.5, 0.6) is 5.75 Å². The van der Waals surface area contributed by atoms with Gasteiger partial charge in [0.15, 0.2) is 0 Å². The van der Waals surface area contributed by atoms with Crippen LogP contribution in [0.1, 0.15) is 56.1 Å². The summed E-state index contributed by atoms with van der Waals surface area (Å²) >= 11 is 0. The van der Waals surface area contributed by atoms with Crippen molar-refractivity contribution in [2.45, 2.75) is 57.8 Å². The van der Waals surface area contributed by atoms with Crippen LogP contribution in [0.3, 0.4) is 0 Å². The summed E-state index contributed by atoms with van der Waals surface area (Å²) in [5, 5.41) is 0. The Hall–Kier alpha value is -1.31. The molecule has 20 heavy (non-hydrogen) atoms. The molecular formula is C18H24O2. The molecule has 1 fully saturated rings. The predicted octanol–water partition coefficient (Wildman–Crippen LogP) is 4.09. The van der Waals surface area contributed by atoms with Gasteiger partial charge in [-0.2, -0.15) is 0 Å². The van der Waals surface area contributed by atoms with Crippen LogP contribution in [0, 0.1) is 5.92 Å². The van der Waals surface area contributed by atoms with E-state index in [2.05, 4.69) is 18.2 Å². The number of hydrogen-bond donors (Lipinski definition) is 0. The van der Waals surface area contributed by atoms with Crippen molar-refractivity contribution in [1.29, 1.82) is 0 Å². The fraction of sp³-hybridized carbons (Fsp3) is 0.611. The van der Waals surface area contributed by atoms with Gasteiger partial charge in [-0.1, -0.05) is 25.3 Å². The maximum atomic E-state index is 12.1. The lowest BCUT2D eigenvalue weighted by Gasteiger charge is -2.20. The molecule has 0 aliphatic heterocycles. The molecule has 1 saturated carbocycles. The van der Waals surface area contributed by atoms with Gasteiger partial charge in [0.2, 0.25) is 0 Å². The highest BCUT2D eigenvalue weighted by atomic mass is 16.5. The van der Waals surface area contributed by atoms with E-state index in [-0.39, 0.29) is 0 Å². The molecule has 0 heterocycles. The third-order valence-electron chi connectivity index (χ3n) is 4.75. The standard InChI is InChI=1S/C18H24O2/c19-18(15-5-2-1-3-6-15)11-12-20-17-10-9-14-7-4-8-16(14)13-17/h9-10,13,15H,1-8,11-12H2. The van der Waals surface area contributed by atoms with Crippen molar-refractivity contribution >= 4 is 5.78 Å². The zero-order valence-electron chi connectivity index (χ0n) is 12.2. The zero-order valence-corrected chi connectivity index (χ0v) is 12.2. The number of carbonyl (C=O) groups is 1. The van der Waals surface area contributed by atoms with Gasteiger partial charge in [0.25, 0.3) is 0 Å². The first kappa shape index (κ1) is 13.7. The molecule has 0 saturated heterocycles. The van der Waals surface area contributed by atoms with E-state index >= 15 is 0 Å². The first-order chi connectivity index (χ1) is 9.83. The maximum Gasteiger partial charge on any atom is 0.139 e. The Morgan fingerprint density at radius 1 is 1.05 bits per heavy atom. The minimum absolute atomic E-state index is 0.312. The average Bonchev–Trinajstić information content (AvgIpc) is 2.95. The average molecular weight is 272 g/mol. The van der Waals surface area contributed by atoms with Gasteiger partial charge in [0, 0.05) is 12.3 Å². The molecule has 0 spiro atoms. The van der Waals surface area contributed by atoms with Crippen LogP contribution in [-0.4, -0.2) is 12.4 Å². The van der Waals surface area contributed by atoms with E-state index in [1.165, 1.54) is 49.7 Å². The van der Waals surface area contributed by atoms with Crippen LogP contribution in [0.25, 0.3) is 0 Å². The lowest BCUT2D eigenvalue weighted by Crippen LogP contribution is -2.19. The molecule has 2 heteroatoms. The summed E-state index contributed by atoms with van der Waals surface area (Å²) in [5.74, 6) is 1.65. The Morgan fingerprint density at radius 3 is 2.70 bits per heavy atom. The van der Waals surface area contributed by atoms with Gasteiger partial charge in [-0.25, -0.2) is 0 Å². The van der Waals surface area contributed by atoms with E-state index in [9.17, 15) is 4.79 Å². The summed E-state index contributed by atoms with van der Waals surface area (Å²) < 4.78 is 5.77. The number of ketones is 1. The van der Waals surface area contributed by atoms with E-state index in [0.717, 1.165) is 18.6 Å². The Balaban J connectivity index is 1.46. The highest BCUT2D eigenvalue weighted by molar-refractivity contribution is 5.81. The topological polar surface area (TPSA) is 26.3 Å². The van der Waals surface area contributed by atoms with Crippen molar-refractivity contribution in [3.8, 4) is 5.75 Å². The molecular weight excluding hydrogens is 248 g/mol. The lowest BCUT2D eigenvalue weighted by molar-refractivity contribution is -0.124. The van der Waals surface area contributed by atoms with Crippen LogP contribution in [0.2, 0.25) is 0 Å². The summed E-state index contributed by atoms with van der Waals surface area (Å²) in [5.41, 5.74) is 2.90. The Bertz CT molecular complexity index is 472. The molecule has 1 aromatic rings. The van der Waals surface area contributed by atoms with Crippen LogP contribution >= 0.6 is 0 Å². The van der Waals surface area contributed by atoms with Gasteiger partial charge in [-0.3, -0.25) is 4.79 Å². The lowest BCUT2D eigenvalue weighted by atomic mass is 9.85. The van der Waals surface area contributed by atoms with Crippen molar-refractivity contribution in [3.63, 3.8) is 0 Å². The Kier molecular flexibility index (Phi) is 4.39. The number of benzene rings is 1. The molecule has 3 rings (SSSR count). The molecule has 0 radical (unpaired) electrons. The predicted molar refractivity (Wildman–Crippen MR) is 80.2 cm³/mol. The fourth-order valence-corrected chi connectivity index (χ4v) is 3.54. The zero-order chi connectivity index (χ0) is 13.8. The third-order valence-corrected chi connectivity index (χ3v) is 4.75. The van der Waals surface area contributed by atoms with Crippen LogP contribution in [-0.2, 0) is 17.6 Å². The van der Waals surface area contributed by atoms with Crippen LogP contribution < -0.4 is 4.74 Å². The summed E-state index contributed by atoms with van der Waals surface area (Å²) in [7, 11) is 0. The number of carbonyl (C=O) groups excluding carboxylic acids is 1. The molecule has 0 N–H and O–H groups in total. The number of fused-ring (bicyclic) bond motifs is 1. The summed E-state index contributed by atoms with van der Waals surface area (Å²) in [6, 6.07) is 6.39. The molecule has 0 bridgehead atoms. The van der Waals surface area contributed by atoms with Crippen LogP contribution in [0.4, 0.5) is 0 Å². The highest BCUT2D eigenvalue weighted by Gasteiger charge is 2.20. The second-order valence-corrected chi connectivity index (χ2v) is 6.18. The fourth-order valence-electron chi connectivity index (χ4n) is 3.54. The Labute approximate surface area is 121 Å². The minimum atomic E-state index is 0.312. The summed E-state index contributed by atoms with van der Waals surface area (Å²) in [6.45, 7) is 0.536. The molecule has 0 atom stereocenters. The normalized spacial score (nSPS) is 18.8. The van der Waals surface area contributed by atoms with Gasteiger partial charge in [0.1, 0.15) is 11.5 Å². The van der Waals surface area contributed by atoms with Crippen molar-refractivity contribution in [3.05, 3.63) is 29.3 Å². The van der Waals surface area contributed by atoms with E-state index < -0.39 is 0 Å². The molecule has 0 unspecified atom stereocenters. The van der Waals surface area contributed by atoms with Crippen molar-refractivity contribution in [1.82, 2.24) is 0 Å². The second kappa shape index (κ2) is 6.43. The van der Waals surface area contributed by atoms with E-state index in [4.69, 9.17) is 4.74 Å². The van der Waals surface area contributed by atoms with Gasteiger partial charge >= 0.3 is 0 Å². The number of hydrogen-bond acceptors (Lipinski definition) is 2.